The van der Waals surface area contributed by atoms with E-state index in [4.69, 9.17) is 11.6 Å². The molecule has 1 fully saturated rings. The van der Waals surface area contributed by atoms with Gasteiger partial charge in [0.25, 0.3) is 0 Å². The molecule has 0 aromatic heterocycles. The number of halogens is 2. The van der Waals surface area contributed by atoms with Gasteiger partial charge in [0.1, 0.15) is 0 Å². The van der Waals surface area contributed by atoms with Crippen LogP contribution in [0.2, 0.25) is 5.02 Å². The molecule has 0 aliphatic carbocycles. The highest BCUT2D eigenvalue weighted by molar-refractivity contribution is 14.1. The molecule has 1 unspecified atom stereocenters. The number of hydrogen-bond donors (Lipinski definition) is 1. The Morgan fingerprint density at radius 1 is 1.28 bits per heavy atom. The number of nitrogens with zero attached hydrogens (tertiary/aromatic N) is 3. The highest BCUT2D eigenvalue weighted by Crippen LogP contribution is 2.27. The summed E-state index contributed by atoms with van der Waals surface area (Å²) in [5.41, 5.74) is 4.53. The number of rotatable bonds is 13. The number of nitrogens with one attached hydrogen (secondary N) is 1. The average Bonchev–Trinajstić information content (AvgIpc) is 2.77. The summed E-state index contributed by atoms with van der Waals surface area (Å²) in [5.74, 6) is 0.599. The van der Waals surface area contributed by atoms with Gasteiger partial charge in [0.05, 0.1) is 12.4 Å². The van der Waals surface area contributed by atoms with E-state index in [0.29, 0.717) is 12.0 Å². The highest BCUT2D eigenvalue weighted by atomic mass is 127. The maximum absolute atomic E-state index is 6.22. The molecule has 32 heavy (non-hydrogen) atoms. The minimum absolute atomic E-state index is 0.599. The molecule has 180 valence electrons. The van der Waals surface area contributed by atoms with Crippen molar-refractivity contribution in [1.82, 2.24) is 13.3 Å². The minimum atomic E-state index is 0.599. The van der Waals surface area contributed by atoms with Crippen molar-refractivity contribution < 1.29 is 0 Å². The zero-order chi connectivity index (χ0) is 23.5. The van der Waals surface area contributed by atoms with Gasteiger partial charge in [-0.3, -0.25) is 10.3 Å². The summed E-state index contributed by atoms with van der Waals surface area (Å²) >= 11 is 8.70. The van der Waals surface area contributed by atoms with Crippen molar-refractivity contribution in [2.75, 3.05) is 19.8 Å². The summed E-state index contributed by atoms with van der Waals surface area (Å²) in [4.78, 5) is 7.17. The van der Waals surface area contributed by atoms with Gasteiger partial charge in [-0.05, 0) is 62.8 Å². The van der Waals surface area contributed by atoms with E-state index in [1.807, 2.05) is 32.0 Å². The molecule has 2 rings (SSSR count). The molecular formula is C26H42ClIN4. The second kappa shape index (κ2) is 14.6. The number of allylic oxidation sites excluding steroid dienone is 1. The molecular weight excluding hydrogens is 531 g/mol. The van der Waals surface area contributed by atoms with Crippen LogP contribution in [0, 0.1) is 5.92 Å². The van der Waals surface area contributed by atoms with Crippen LogP contribution in [-0.4, -0.2) is 39.5 Å². The monoisotopic (exact) mass is 572 g/mol. The maximum atomic E-state index is 6.22. The fourth-order valence-corrected chi connectivity index (χ4v) is 5.25. The lowest BCUT2D eigenvalue weighted by Crippen LogP contribution is -2.43. The van der Waals surface area contributed by atoms with E-state index in [0.717, 1.165) is 48.3 Å². The van der Waals surface area contributed by atoms with Crippen LogP contribution in [0.15, 0.2) is 35.5 Å². The number of benzene rings is 1. The summed E-state index contributed by atoms with van der Waals surface area (Å²) in [6.45, 7) is 16.9. The fraction of sp³-hybridized carbons (Fsp3) is 0.654. The molecule has 0 bridgehead atoms. The Kier molecular flexibility index (Phi) is 12.6. The zero-order valence-electron chi connectivity index (χ0n) is 20.5. The Bertz CT molecular complexity index is 739. The van der Waals surface area contributed by atoms with Crippen LogP contribution in [0.1, 0.15) is 78.2 Å². The van der Waals surface area contributed by atoms with Gasteiger partial charge < -0.3 is 4.90 Å². The summed E-state index contributed by atoms with van der Waals surface area (Å²) in [7, 11) is 0. The third-order valence-electron chi connectivity index (χ3n) is 6.29. The molecule has 0 saturated carbocycles. The van der Waals surface area contributed by atoms with Crippen LogP contribution in [-0.2, 0) is 6.54 Å². The molecule has 1 aliphatic rings. The van der Waals surface area contributed by atoms with Crippen LogP contribution in [0.3, 0.4) is 0 Å². The quantitative estimate of drug-likeness (QED) is 0.0862. The van der Waals surface area contributed by atoms with E-state index >= 15 is 0 Å². The van der Waals surface area contributed by atoms with E-state index in [-0.39, 0.29) is 0 Å². The Hall–Kier alpha value is -0.630. The first kappa shape index (κ1) is 27.6. The molecule has 1 aromatic rings. The smallest absolute Gasteiger partial charge is 0.0674 e. The van der Waals surface area contributed by atoms with Crippen molar-refractivity contribution in [3.63, 3.8) is 0 Å². The van der Waals surface area contributed by atoms with Gasteiger partial charge in [-0.15, -0.1) is 0 Å². The van der Waals surface area contributed by atoms with Gasteiger partial charge in [-0.2, -0.15) is 0 Å². The van der Waals surface area contributed by atoms with E-state index < -0.39 is 0 Å². The van der Waals surface area contributed by atoms with E-state index in [9.17, 15) is 0 Å². The lowest BCUT2D eigenvalue weighted by atomic mass is 9.96. The van der Waals surface area contributed by atoms with Gasteiger partial charge in [0, 0.05) is 65.0 Å². The maximum Gasteiger partial charge on any atom is 0.0674 e. The van der Waals surface area contributed by atoms with Crippen molar-refractivity contribution in [3.8, 4) is 0 Å². The average molecular weight is 573 g/mol. The Balaban J connectivity index is 1.75. The summed E-state index contributed by atoms with van der Waals surface area (Å²) in [6, 6.07) is 6.52. The van der Waals surface area contributed by atoms with Crippen molar-refractivity contribution >= 4 is 45.9 Å². The van der Waals surface area contributed by atoms with E-state index in [2.05, 4.69) is 61.6 Å². The molecule has 0 spiro atoms. The second-order valence-corrected chi connectivity index (χ2v) is 11.0. The molecule has 1 atom stereocenters. The van der Waals surface area contributed by atoms with Gasteiger partial charge in [0.2, 0.25) is 0 Å². The molecule has 1 heterocycles. The van der Waals surface area contributed by atoms with Crippen LogP contribution < -0.4 is 5.32 Å². The number of likely N-dealkylation sites (tertiary alicyclic amines) is 1. The van der Waals surface area contributed by atoms with Gasteiger partial charge in [-0.25, -0.2) is 3.11 Å². The number of unbranched alkanes of at least 4 members (excludes halogenated alkanes) is 3. The molecule has 1 aromatic carbocycles. The van der Waals surface area contributed by atoms with Crippen LogP contribution in [0.4, 0.5) is 5.69 Å². The Morgan fingerprint density at radius 2 is 2.00 bits per heavy atom. The summed E-state index contributed by atoms with van der Waals surface area (Å²) in [5, 5.41) is 4.34. The molecule has 1 saturated heterocycles. The van der Waals surface area contributed by atoms with Crippen LogP contribution in [0.25, 0.3) is 0 Å². The molecule has 0 amide bonds. The lowest BCUT2D eigenvalue weighted by molar-refractivity contribution is 0.188. The third-order valence-corrected chi connectivity index (χ3v) is 7.65. The number of aliphatic imine (C=N–C) groups is 1. The minimum Gasteiger partial charge on any atom is -0.375 e. The summed E-state index contributed by atoms with van der Waals surface area (Å²) in [6.07, 6.45) is 8.99. The predicted molar refractivity (Wildman–Crippen MR) is 149 cm³/mol. The normalized spacial score (nSPS) is 15.8. The van der Waals surface area contributed by atoms with Crippen LogP contribution >= 0.6 is 34.5 Å². The highest BCUT2D eigenvalue weighted by Gasteiger charge is 2.25. The first-order valence-corrected chi connectivity index (χ1v) is 13.5. The number of piperidine rings is 1. The second-order valence-electron chi connectivity index (χ2n) is 9.28. The standard InChI is InChI=1S/C26H42ClIN4/c1-6-7-8-9-10-21(4)22(5)31-15-13-25(14-16-31)32(28)19-29-18-23-17-24(27)11-12-26(23)30-20(2)3/h11-12,17,21,25,29H,5-10,13-16,18-19H2,1-4H3. The van der Waals surface area contributed by atoms with Crippen LogP contribution in [0.5, 0.6) is 0 Å². The van der Waals surface area contributed by atoms with Crippen molar-refractivity contribution in [2.24, 2.45) is 10.9 Å². The SMILES string of the molecule is C=C(C(C)CCCCCC)N1CCC(N(I)CNCc2cc(Cl)ccc2N=C(C)C)CC1. The Morgan fingerprint density at radius 3 is 2.66 bits per heavy atom. The first-order valence-electron chi connectivity index (χ1n) is 12.2. The zero-order valence-corrected chi connectivity index (χ0v) is 23.4. The van der Waals surface area contributed by atoms with E-state index in [1.54, 1.807) is 0 Å². The fourth-order valence-electron chi connectivity index (χ4n) is 4.26. The Labute approximate surface area is 215 Å². The lowest BCUT2D eigenvalue weighted by Gasteiger charge is -2.39. The third kappa shape index (κ3) is 9.32. The molecule has 4 nitrogen and oxygen atoms in total. The molecule has 1 aliphatic heterocycles. The largest absolute Gasteiger partial charge is 0.375 e. The van der Waals surface area contributed by atoms with E-state index in [1.165, 1.54) is 50.6 Å². The summed E-state index contributed by atoms with van der Waals surface area (Å²) < 4.78 is 2.42. The first-order chi connectivity index (χ1) is 15.3. The van der Waals surface area contributed by atoms with Crippen molar-refractivity contribution in [2.45, 2.75) is 85.2 Å². The molecule has 6 heteroatoms. The predicted octanol–water partition coefficient (Wildman–Crippen LogP) is 7.74. The van der Waals surface area contributed by atoms with Gasteiger partial charge in [0.15, 0.2) is 0 Å². The molecule has 0 radical (unpaired) electrons. The number of hydrogen-bond acceptors (Lipinski definition) is 4. The van der Waals surface area contributed by atoms with Gasteiger partial charge >= 0.3 is 0 Å². The van der Waals surface area contributed by atoms with Gasteiger partial charge in [-0.1, -0.05) is 57.7 Å². The molecule has 1 N–H and O–H groups in total. The van der Waals surface area contributed by atoms with Crippen molar-refractivity contribution in [3.05, 3.63) is 41.1 Å². The van der Waals surface area contributed by atoms with Crippen molar-refractivity contribution in [1.29, 1.82) is 0 Å². The topological polar surface area (TPSA) is 30.9 Å².